The third kappa shape index (κ3) is 6.48. The lowest BCUT2D eigenvalue weighted by Crippen LogP contribution is -2.48. The molecule has 2 saturated carbocycles. The molecule has 0 radical (unpaired) electrons. The van der Waals surface area contributed by atoms with Crippen LogP contribution >= 0.6 is 0 Å². The Morgan fingerprint density at radius 3 is 2.44 bits per heavy atom. The zero-order chi connectivity index (χ0) is 23.3. The van der Waals surface area contributed by atoms with Gasteiger partial charge < -0.3 is 19.6 Å². The van der Waals surface area contributed by atoms with Crippen LogP contribution in [0.5, 0.6) is 0 Å². The van der Waals surface area contributed by atoms with Crippen molar-refractivity contribution in [1.29, 1.82) is 0 Å². The summed E-state index contributed by atoms with van der Waals surface area (Å²) in [5, 5.41) is 6.89. The highest BCUT2D eigenvalue weighted by Gasteiger charge is 2.44. The average molecular weight is 453 g/mol. The Bertz CT molecular complexity index is 787. The number of carboxylic acid groups (broad SMARTS) is 1. The van der Waals surface area contributed by atoms with Crippen molar-refractivity contribution in [1.82, 2.24) is 9.80 Å². The van der Waals surface area contributed by atoms with E-state index in [1.807, 2.05) is 4.90 Å². The largest absolute Gasteiger partial charge is 0.483 e. The summed E-state index contributed by atoms with van der Waals surface area (Å²) in [6.07, 6.45) is 5.72. The van der Waals surface area contributed by atoms with Crippen molar-refractivity contribution < 1.29 is 28.2 Å². The normalized spacial score (nSPS) is 27.0. The van der Waals surface area contributed by atoms with Crippen molar-refractivity contribution >= 4 is 12.4 Å². The fraction of sp³-hybridized carbons (Fsp3) is 0.667. The zero-order valence-corrected chi connectivity index (χ0v) is 18.9. The number of likely N-dealkylation sites (tertiary alicyclic amines) is 1. The molecule has 2 aliphatic carbocycles. The molecule has 32 heavy (non-hydrogen) atoms. The van der Waals surface area contributed by atoms with Gasteiger partial charge in [-0.3, -0.25) is 9.59 Å². The van der Waals surface area contributed by atoms with Crippen molar-refractivity contribution in [2.45, 2.75) is 50.7 Å². The van der Waals surface area contributed by atoms with Crippen LogP contribution in [-0.2, 0) is 20.7 Å². The first-order valence-electron chi connectivity index (χ1n) is 11.4. The summed E-state index contributed by atoms with van der Waals surface area (Å²) in [4.78, 5) is 25.4. The van der Waals surface area contributed by atoms with Crippen LogP contribution in [0.3, 0.4) is 0 Å². The molecule has 1 N–H and O–H groups in total. The number of amides is 1. The van der Waals surface area contributed by atoms with Crippen LogP contribution in [0.15, 0.2) is 18.2 Å². The summed E-state index contributed by atoms with van der Waals surface area (Å²) in [7, 11) is 4.25. The molecule has 4 atom stereocenters. The minimum atomic E-state index is -0.853. The van der Waals surface area contributed by atoms with Crippen LogP contribution in [0.4, 0.5) is 8.78 Å². The second-order valence-corrected chi connectivity index (χ2v) is 9.49. The molecule has 1 saturated heterocycles. The van der Waals surface area contributed by atoms with Crippen molar-refractivity contribution in [2.75, 3.05) is 33.8 Å². The number of carbonyl (C=O) groups is 2. The zero-order valence-electron chi connectivity index (χ0n) is 18.9. The Kier molecular flexibility index (Phi) is 8.59. The molecule has 0 bridgehead atoms. The Labute approximate surface area is 188 Å². The lowest BCUT2D eigenvalue weighted by atomic mass is 9.77. The second-order valence-electron chi connectivity index (χ2n) is 9.49. The van der Waals surface area contributed by atoms with E-state index in [1.165, 1.54) is 18.9 Å². The molecular weight excluding hydrogens is 418 g/mol. The number of halogens is 2. The first kappa shape index (κ1) is 24.6. The number of hydrogen-bond donors (Lipinski definition) is 1. The molecule has 0 spiro atoms. The van der Waals surface area contributed by atoms with E-state index < -0.39 is 11.6 Å². The topological polar surface area (TPSA) is 70.1 Å². The highest BCUT2D eigenvalue weighted by atomic mass is 19.2. The highest BCUT2D eigenvalue weighted by Crippen LogP contribution is 2.40. The molecular formula is C24H34F2N2O4. The Morgan fingerprint density at radius 1 is 1.19 bits per heavy atom. The van der Waals surface area contributed by atoms with Crippen LogP contribution in [0.25, 0.3) is 0 Å². The fourth-order valence-electron chi connectivity index (χ4n) is 4.97. The molecule has 3 fully saturated rings. The van der Waals surface area contributed by atoms with Gasteiger partial charge in [0, 0.05) is 32.2 Å². The molecule has 6 nitrogen and oxygen atoms in total. The maximum atomic E-state index is 13.4. The number of likely N-dealkylation sites (N-methyl/N-ethyl adjacent to an activating group) is 1. The van der Waals surface area contributed by atoms with E-state index in [0.717, 1.165) is 44.5 Å². The summed E-state index contributed by atoms with van der Waals surface area (Å²) in [5.41, 5.74) is 0.662. The number of ether oxygens (including phenoxy) is 1. The number of rotatable bonds is 7. The van der Waals surface area contributed by atoms with E-state index in [-0.39, 0.29) is 18.5 Å². The van der Waals surface area contributed by atoms with E-state index in [4.69, 9.17) is 14.6 Å². The van der Waals surface area contributed by atoms with Gasteiger partial charge in [0.05, 0.1) is 6.10 Å². The SMILES string of the molecule is CN(C)[C@@H]1C[C@@H]2CN(C(=O)CCc3ccc(F)c(F)c3)C[C@@H]2C[C@H]1OCC1CC1.O=CO. The van der Waals surface area contributed by atoms with E-state index in [0.29, 0.717) is 36.3 Å². The molecule has 3 aliphatic rings. The van der Waals surface area contributed by atoms with Gasteiger partial charge >= 0.3 is 0 Å². The third-order valence-corrected chi connectivity index (χ3v) is 6.96. The molecule has 8 heteroatoms. The molecule has 178 valence electrons. The Morgan fingerprint density at radius 2 is 1.84 bits per heavy atom. The Balaban J connectivity index is 0.000000913. The summed E-state index contributed by atoms with van der Waals surface area (Å²) in [6, 6.07) is 4.28. The van der Waals surface area contributed by atoms with Gasteiger partial charge in [-0.05, 0) is 81.6 Å². The number of hydrogen-bond acceptors (Lipinski definition) is 4. The van der Waals surface area contributed by atoms with E-state index in [9.17, 15) is 13.6 Å². The first-order valence-corrected chi connectivity index (χ1v) is 11.4. The molecule has 1 heterocycles. The van der Waals surface area contributed by atoms with Gasteiger partial charge in [0.15, 0.2) is 11.6 Å². The molecule has 0 unspecified atom stereocenters. The van der Waals surface area contributed by atoms with Gasteiger partial charge in [-0.25, -0.2) is 8.78 Å². The quantitative estimate of drug-likeness (QED) is 0.644. The van der Waals surface area contributed by atoms with Gasteiger partial charge in [-0.2, -0.15) is 0 Å². The number of fused-ring (bicyclic) bond motifs is 1. The van der Waals surface area contributed by atoms with Crippen molar-refractivity contribution in [2.24, 2.45) is 17.8 Å². The van der Waals surface area contributed by atoms with Crippen LogP contribution < -0.4 is 0 Å². The molecule has 4 rings (SSSR count). The molecule has 1 aromatic rings. The van der Waals surface area contributed by atoms with Crippen molar-refractivity contribution in [3.8, 4) is 0 Å². The summed E-state index contributed by atoms with van der Waals surface area (Å²) >= 11 is 0. The molecule has 1 amide bonds. The van der Waals surface area contributed by atoms with Gasteiger partial charge in [0.1, 0.15) is 0 Å². The maximum Gasteiger partial charge on any atom is 0.290 e. The highest BCUT2D eigenvalue weighted by molar-refractivity contribution is 5.76. The monoisotopic (exact) mass is 452 g/mol. The number of aryl methyl sites for hydroxylation is 1. The standard InChI is InChI=1S/C23H32F2N2O2.CH2O2/c1-26(2)21-10-17-12-27(13-18(17)11-22(21)29-14-16-3-4-16)23(28)8-6-15-5-7-19(24)20(25)9-15;2-1-3/h5,7,9,16-18,21-22H,3-4,6,8,10-14H2,1-2H3;1H,(H,2,3)/t17-,18+,21-,22-;/m1./s1. The van der Waals surface area contributed by atoms with Crippen LogP contribution in [0, 0.1) is 29.4 Å². The summed E-state index contributed by atoms with van der Waals surface area (Å²) < 4.78 is 32.7. The van der Waals surface area contributed by atoms with Crippen molar-refractivity contribution in [3.05, 3.63) is 35.4 Å². The lowest BCUT2D eigenvalue weighted by Gasteiger charge is -2.41. The number of carbonyl (C=O) groups excluding carboxylic acids is 1. The smallest absolute Gasteiger partial charge is 0.290 e. The van der Waals surface area contributed by atoms with E-state index in [2.05, 4.69) is 19.0 Å². The molecule has 1 aromatic carbocycles. The fourth-order valence-corrected chi connectivity index (χ4v) is 4.97. The van der Waals surface area contributed by atoms with E-state index in [1.54, 1.807) is 6.07 Å². The van der Waals surface area contributed by atoms with Crippen LogP contribution in [0.2, 0.25) is 0 Å². The number of benzene rings is 1. The minimum absolute atomic E-state index is 0.112. The third-order valence-electron chi connectivity index (χ3n) is 6.96. The second kappa shape index (κ2) is 11.2. The summed E-state index contributed by atoms with van der Waals surface area (Å²) in [6.45, 7) is 2.23. The number of nitrogens with zero attached hydrogens (tertiary/aromatic N) is 2. The van der Waals surface area contributed by atoms with Gasteiger partial charge in [0.25, 0.3) is 6.47 Å². The Hall–Kier alpha value is -2.06. The predicted octanol–water partition coefficient (Wildman–Crippen LogP) is 3.19. The maximum absolute atomic E-state index is 13.4. The lowest BCUT2D eigenvalue weighted by molar-refractivity contribution is -0.130. The van der Waals surface area contributed by atoms with Crippen LogP contribution in [-0.4, -0.2) is 73.2 Å². The van der Waals surface area contributed by atoms with Crippen LogP contribution in [0.1, 0.15) is 37.7 Å². The van der Waals surface area contributed by atoms with Gasteiger partial charge in [-0.1, -0.05) is 6.07 Å². The minimum Gasteiger partial charge on any atom is -0.483 e. The summed E-state index contributed by atoms with van der Waals surface area (Å²) in [5.74, 6) is 0.194. The van der Waals surface area contributed by atoms with Gasteiger partial charge in [-0.15, -0.1) is 0 Å². The van der Waals surface area contributed by atoms with E-state index >= 15 is 0 Å². The molecule has 1 aliphatic heterocycles. The van der Waals surface area contributed by atoms with Crippen molar-refractivity contribution in [3.63, 3.8) is 0 Å². The first-order chi connectivity index (χ1) is 15.3. The van der Waals surface area contributed by atoms with Gasteiger partial charge in [0.2, 0.25) is 5.91 Å². The predicted molar refractivity (Wildman–Crippen MR) is 116 cm³/mol. The molecule has 0 aromatic heterocycles. The average Bonchev–Trinajstić information content (AvgIpc) is 3.49.